The average molecular weight is 293 g/mol. The Labute approximate surface area is 126 Å². The van der Waals surface area contributed by atoms with Crippen molar-refractivity contribution in [1.29, 1.82) is 0 Å². The molecule has 5 nitrogen and oxygen atoms in total. The van der Waals surface area contributed by atoms with Gasteiger partial charge in [-0.05, 0) is 12.8 Å². The van der Waals surface area contributed by atoms with Crippen LogP contribution in [0.1, 0.15) is 70.4 Å². The smallest absolute Gasteiger partial charge is 0.252 e. The molecule has 0 saturated heterocycles. The number of rotatable bonds is 12. The van der Waals surface area contributed by atoms with Crippen LogP contribution in [0.3, 0.4) is 0 Å². The molecule has 0 radical (unpaired) electrons. The molecular formula is C16H27N3O2. The van der Waals surface area contributed by atoms with E-state index < -0.39 is 0 Å². The van der Waals surface area contributed by atoms with Crippen molar-refractivity contribution in [3.8, 4) is 0 Å². The van der Waals surface area contributed by atoms with E-state index in [1.807, 2.05) is 0 Å². The van der Waals surface area contributed by atoms with Gasteiger partial charge in [0.05, 0.1) is 0 Å². The molecule has 0 aliphatic rings. The molecule has 0 aliphatic heterocycles. The quantitative estimate of drug-likeness (QED) is 0.458. The van der Waals surface area contributed by atoms with E-state index in [0.717, 1.165) is 18.5 Å². The number of aryl methyl sites for hydroxylation is 1. The zero-order chi connectivity index (χ0) is 15.3. The first kappa shape index (κ1) is 17.4. The summed E-state index contributed by atoms with van der Waals surface area (Å²) in [7, 11) is 0. The maximum absolute atomic E-state index is 11.4. The molecule has 1 amide bonds. The number of amides is 1. The monoisotopic (exact) mass is 293 g/mol. The average Bonchev–Trinajstić information content (AvgIpc) is 2.45. The third-order valence-corrected chi connectivity index (χ3v) is 3.53. The predicted molar refractivity (Wildman–Crippen MR) is 85.5 cm³/mol. The van der Waals surface area contributed by atoms with Gasteiger partial charge < -0.3 is 0 Å². The highest BCUT2D eigenvalue weighted by molar-refractivity contribution is 5.66. The topological polar surface area (TPSA) is 74.8 Å². The third kappa shape index (κ3) is 8.27. The van der Waals surface area contributed by atoms with Crippen LogP contribution in [0.5, 0.6) is 0 Å². The van der Waals surface area contributed by atoms with Gasteiger partial charge in [0.25, 0.3) is 5.56 Å². The lowest BCUT2D eigenvalue weighted by molar-refractivity contribution is -0.105. The summed E-state index contributed by atoms with van der Waals surface area (Å²) in [4.78, 5) is 28.4. The molecule has 1 aromatic rings. The Balaban J connectivity index is 2.15. The number of carbonyl (C=O) groups is 1. The molecule has 0 atom stereocenters. The number of aromatic amines is 1. The van der Waals surface area contributed by atoms with Crippen LogP contribution in [0, 0.1) is 0 Å². The van der Waals surface area contributed by atoms with Crippen LogP contribution in [0.25, 0.3) is 0 Å². The minimum Gasteiger partial charge on any atom is -0.299 e. The summed E-state index contributed by atoms with van der Waals surface area (Å²) in [5, 5.41) is 2.38. The summed E-state index contributed by atoms with van der Waals surface area (Å²) in [6.45, 7) is 2.23. The lowest BCUT2D eigenvalue weighted by Gasteiger charge is -2.04. The van der Waals surface area contributed by atoms with Crippen LogP contribution < -0.4 is 10.9 Å². The van der Waals surface area contributed by atoms with Gasteiger partial charge in [-0.1, -0.05) is 58.3 Å². The lowest BCUT2D eigenvalue weighted by Crippen LogP contribution is -2.13. The number of carbonyl (C=O) groups excluding carboxylic acids is 1. The SMILES string of the molecule is CCCCCCCCCCCc1cc(=O)[nH]c(NC=O)n1. The van der Waals surface area contributed by atoms with Gasteiger partial charge in [0.15, 0.2) is 0 Å². The second-order valence-electron chi connectivity index (χ2n) is 5.43. The van der Waals surface area contributed by atoms with Crippen molar-refractivity contribution >= 4 is 12.4 Å². The third-order valence-electron chi connectivity index (χ3n) is 3.53. The lowest BCUT2D eigenvalue weighted by atomic mass is 10.1. The van der Waals surface area contributed by atoms with Crippen molar-refractivity contribution in [2.24, 2.45) is 0 Å². The summed E-state index contributed by atoms with van der Waals surface area (Å²) >= 11 is 0. The molecule has 1 heterocycles. The van der Waals surface area contributed by atoms with Gasteiger partial charge in [-0.25, -0.2) is 4.98 Å². The van der Waals surface area contributed by atoms with Crippen molar-refractivity contribution in [3.05, 3.63) is 22.1 Å². The van der Waals surface area contributed by atoms with Crippen LogP contribution in [-0.2, 0) is 11.2 Å². The fraction of sp³-hybridized carbons (Fsp3) is 0.688. The van der Waals surface area contributed by atoms with E-state index in [-0.39, 0.29) is 11.5 Å². The number of nitrogens with one attached hydrogen (secondary N) is 2. The number of unbranched alkanes of at least 4 members (excludes halogenated alkanes) is 8. The van der Waals surface area contributed by atoms with Crippen LogP contribution in [0.4, 0.5) is 5.95 Å². The number of nitrogens with zero attached hydrogens (tertiary/aromatic N) is 1. The Bertz CT molecular complexity index is 457. The van der Waals surface area contributed by atoms with Crippen molar-refractivity contribution < 1.29 is 4.79 Å². The molecular weight excluding hydrogens is 266 g/mol. The number of hydrogen-bond donors (Lipinski definition) is 2. The van der Waals surface area contributed by atoms with Crippen molar-refractivity contribution in [3.63, 3.8) is 0 Å². The van der Waals surface area contributed by atoms with Crippen LogP contribution in [0.2, 0.25) is 0 Å². The Morgan fingerprint density at radius 2 is 1.71 bits per heavy atom. The Hall–Kier alpha value is -1.65. The molecule has 1 rings (SSSR count). The summed E-state index contributed by atoms with van der Waals surface area (Å²) < 4.78 is 0. The van der Waals surface area contributed by atoms with E-state index in [9.17, 15) is 9.59 Å². The van der Waals surface area contributed by atoms with E-state index in [2.05, 4.69) is 22.2 Å². The van der Waals surface area contributed by atoms with Gasteiger partial charge in [-0.2, -0.15) is 0 Å². The van der Waals surface area contributed by atoms with E-state index in [4.69, 9.17) is 0 Å². The number of H-pyrrole nitrogens is 1. The summed E-state index contributed by atoms with van der Waals surface area (Å²) in [6, 6.07) is 1.50. The van der Waals surface area contributed by atoms with Gasteiger partial charge in [0.2, 0.25) is 12.4 Å². The number of aromatic nitrogens is 2. The molecule has 0 bridgehead atoms. The minimum atomic E-state index is -0.222. The van der Waals surface area contributed by atoms with E-state index >= 15 is 0 Å². The maximum Gasteiger partial charge on any atom is 0.252 e. The first-order chi connectivity index (χ1) is 10.3. The number of anilines is 1. The molecule has 21 heavy (non-hydrogen) atoms. The maximum atomic E-state index is 11.4. The molecule has 118 valence electrons. The van der Waals surface area contributed by atoms with Crippen LogP contribution in [-0.4, -0.2) is 16.4 Å². The van der Waals surface area contributed by atoms with Gasteiger partial charge in [-0.15, -0.1) is 0 Å². The van der Waals surface area contributed by atoms with Gasteiger partial charge in [0, 0.05) is 11.8 Å². The molecule has 0 aliphatic carbocycles. The first-order valence-electron chi connectivity index (χ1n) is 8.06. The van der Waals surface area contributed by atoms with Crippen molar-refractivity contribution in [1.82, 2.24) is 9.97 Å². The minimum absolute atomic E-state index is 0.222. The van der Waals surface area contributed by atoms with Gasteiger partial charge in [0.1, 0.15) is 0 Å². The largest absolute Gasteiger partial charge is 0.299 e. The Morgan fingerprint density at radius 1 is 1.10 bits per heavy atom. The molecule has 1 aromatic heterocycles. The molecule has 0 fully saturated rings. The molecule has 0 saturated carbocycles. The molecule has 0 aromatic carbocycles. The summed E-state index contributed by atoms with van der Waals surface area (Å²) in [5.41, 5.74) is 0.520. The van der Waals surface area contributed by atoms with Crippen LogP contribution >= 0.6 is 0 Å². The second kappa shape index (κ2) is 11.1. The van der Waals surface area contributed by atoms with E-state index in [1.54, 1.807) is 0 Å². The van der Waals surface area contributed by atoms with Crippen LogP contribution in [0.15, 0.2) is 10.9 Å². The van der Waals surface area contributed by atoms with E-state index in [0.29, 0.717) is 6.41 Å². The Kier molecular flexibility index (Phi) is 9.16. The molecule has 0 spiro atoms. The second-order valence-corrected chi connectivity index (χ2v) is 5.43. The van der Waals surface area contributed by atoms with Crippen molar-refractivity contribution in [2.45, 2.75) is 71.1 Å². The highest BCUT2D eigenvalue weighted by Crippen LogP contribution is 2.11. The summed E-state index contributed by atoms with van der Waals surface area (Å²) in [5.74, 6) is 0.225. The normalized spacial score (nSPS) is 10.5. The Morgan fingerprint density at radius 3 is 2.33 bits per heavy atom. The molecule has 0 unspecified atom stereocenters. The fourth-order valence-electron chi connectivity index (χ4n) is 2.38. The highest BCUT2D eigenvalue weighted by atomic mass is 16.1. The molecule has 5 heteroatoms. The van der Waals surface area contributed by atoms with E-state index in [1.165, 1.54) is 57.4 Å². The highest BCUT2D eigenvalue weighted by Gasteiger charge is 2.01. The predicted octanol–water partition coefficient (Wildman–Crippen LogP) is 3.41. The van der Waals surface area contributed by atoms with Gasteiger partial charge in [-0.3, -0.25) is 19.9 Å². The van der Waals surface area contributed by atoms with Crippen molar-refractivity contribution in [2.75, 3.05) is 5.32 Å². The molecule has 2 N–H and O–H groups in total. The first-order valence-corrected chi connectivity index (χ1v) is 8.06. The number of hydrogen-bond acceptors (Lipinski definition) is 3. The fourth-order valence-corrected chi connectivity index (χ4v) is 2.38. The zero-order valence-electron chi connectivity index (χ0n) is 13.0. The standard InChI is InChI=1S/C16H27N3O2/c1-2-3-4-5-6-7-8-9-10-11-14-12-15(21)19-16(18-14)17-13-20/h12-13H,2-11H2,1H3,(H2,17,18,19,20,21). The summed E-state index contributed by atoms with van der Waals surface area (Å²) in [6.07, 6.45) is 12.7. The van der Waals surface area contributed by atoms with Gasteiger partial charge >= 0.3 is 0 Å². The zero-order valence-corrected chi connectivity index (χ0v) is 13.0.